The summed E-state index contributed by atoms with van der Waals surface area (Å²) >= 11 is 0. The largest absolute Gasteiger partial charge is 0.341 e. The van der Waals surface area contributed by atoms with Crippen molar-refractivity contribution in [3.8, 4) is 11.4 Å². The van der Waals surface area contributed by atoms with Gasteiger partial charge in [-0.3, -0.25) is 9.48 Å². The van der Waals surface area contributed by atoms with Gasteiger partial charge >= 0.3 is 11.8 Å². The van der Waals surface area contributed by atoms with Crippen molar-refractivity contribution >= 4 is 17.5 Å². The minimum Gasteiger partial charge on any atom is -0.341 e. The van der Waals surface area contributed by atoms with E-state index in [9.17, 15) is 4.79 Å². The van der Waals surface area contributed by atoms with Gasteiger partial charge in [0.25, 0.3) is 0 Å². The van der Waals surface area contributed by atoms with Gasteiger partial charge in [-0.1, -0.05) is 44.5 Å². The number of nitrogens with one attached hydrogen (secondary N) is 2. The van der Waals surface area contributed by atoms with Crippen LogP contribution in [0.3, 0.4) is 0 Å². The predicted octanol–water partition coefficient (Wildman–Crippen LogP) is 3.89. The van der Waals surface area contributed by atoms with Crippen LogP contribution in [-0.2, 0) is 18.9 Å². The Morgan fingerprint density at radius 1 is 1.17 bits per heavy atom. The maximum Gasteiger partial charge on any atom is 0.315 e. The van der Waals surface area contributed by atoms with E-state index in [0.29, 0.717) is 17.6 Å². The van der Waals surface area contributed by atoms with Crippen LogP contribution in [0.1, 0.15) is 73.7 Å². The van der Waals surface area contributed by atoms with Gasteiger partial charge in [0.15, 0.2) is 11.6 Å². The molecule has 11 nitrogen and oxygen atoms in total. The monoisotopic (exact) mass is 487 g/mol. The summed E-state index contributed by atoms with van der Waals surface area (Å²) in [4.78, 5) is 30.4. The second-order valence-electron chi connectivity index (χ2n) is 10.0. The molecule has 1 amide bonds. The highest BCUT2D eigenvalue weighted by Gasteiger charge is 2.27. The van der Waals surface area contributed by atoms with Gasteiger partial charge in [-0.25, -0.2) is 9.97 Å². The van der Waals surface area contributed by atoms with Crippen molar-refractivity contribution in [2.75, 3.05) is 5.32 Å². The Bertz CT molecular complexity index is 1390. The highest BCUT2D eigenvalue weighted by Crippen LogP contribution is 2.32. The SMILES string of the molecule is Cn1cc(Nc2ncnc(-c3ccc4c(c3)CCCC[C@@H]4NC(=O)c3nc(C(C)(C)C)no3)n2)cn1. The number of fused-ring (bicyclic) bond motifs is 1. The van der Waals surface area contributed by atoms with E-state index < -0.39 is 0 Å². The van der Waals surface area contributed by atoms with E-state index in [2.05, 4.69) is 46.9 Å². The van der Waals surface area contributed by atoms with Crippen molar-refractivity contribution in [1.29, 1.82) is 0 Å². The van der Waals surface area contributed by atoms with Crippen LogP contribution in [0, 0.1) is 0 Å². The lowest BCUT2D eigenvalue weighted by Gasteiger charge is -2.19. The van der Waals surface area contributed by atoms with Gasteiger partial charge in [0.2, 0.25) is 5.95 Å². The molecule has 0 saturated carbocycles. The Morgan fingerprint density at radius 3 is 2.78 bits per heavy atom. The first kappa shape index (κ1) is 23.6. The minimum atomic E-state index is -0.358. The lowest BCUT2D eigenvalue weighted by Crippen LogP contribution is -2.29. The second-order valence-corrected chi connectivity index (χ2v) is 10.0. The van der Waals surface area contributed by atoms with Gasteiger partial charge in [-0.2, -0.15) is 15.1 Å². The summed E-state index contributed by atoms with van der Waals surface area (Å²) in [5, 5.41) is 14.4. The van der Waals surface area contributed by atoms with Gasteiger partial charge in [-0.15, -0.1) is 0 Å². The van der Waals surface area contributed by atoms with Crippen LogP contribution in [0.4, 0.5) is 11.6 Å². The van der Waals surface area contributed by atoms with Crippen molar-refractivity contribution in [2.24, 2.45) is 7.05 Å². The lowest BCUT2D eigenvalue weighted by atomic mass is 9.96. The quantitative estimate of drug-likeness (QED) is 0.402. The summed E-state index contributed by atoms with van der Waals surface area (Å²) in [6.45, 7) is 5.93. The molecule has 11 heteroatoms. The van der Waals surface area contributed by atoms with Crippen LogP contribution in [0.5, 0.6) is 0 Å². The van der Waals surface area contributed by atoms with E-state index in [4.69, 9.17) is 4.52 Å². The van der Waals surface area contributed by atoms with Gasteiger partial charge in [-0.05, 0) is 36.5 Å². The molecule has 3 heterocycles. The third-order valence-electron chi connectivity index (χ3n) is 6.09. The maximum absolute atomic E-state index is 12.9. The summed E-state index contributed by atoms with van der Waals surface area (Å²) < 4.78 is 6.94. The molecule has 0 fully saturated rings. The van der Waals surface area contributed by atoms with E-state index in [0.717, 1.165) is 42.5 Å². The molecule has 0 spiro atoms. The standard InChI is InChI=1S/C25H29N9O2/c1-25(2,3)23-32-22(36-33-23)21(35)30-19-8-6-5-7-15-11-16(9-10-18(15)19)20-26-14-27-24(31-20)29-17-12-28-34(4)13-17/h9-14,19H,5-8H2,1-4H3,(H,30,35)(H,26,27,29,31)/t19-/m0/s1. The number of aromatic nitrogens is 7. The Balaban J connectivity index is 1.36. The van der Waals surface area contributed by atoms with Gasteiger partial charge in [0, 0.05) is 24.2 Å². The van der Waals surface area contributed by atoms with Crippen LogP contribution < -0.4 is 10.6 Å². The Kier molecular flexibility index (Phi) is 6.21. The average Bonchev–Trinajstić information content (AvgIpc) is 3.46. The average molecular weight is 488 g/mol. The Labute approximate surface area is 208 Å². The summed E-state index contributed by atoms with van der Waals surface area (Å²) in [5.41, 5.74) is 3.65. The van der Waals surface area contributed by atoms with Crippen LogP contribution in [0.25, 0.3) is 11.4 Å². The molecule has 1 aromatic carbocycles. The van der Waals surface area contributed by atoms with Crippen molar-refractivity contribution in [1.82, 2.24) is 40.2 Å². The van der Waals surface area contributed by atoms with Crippen LogP contribution in [0.2, 0.25) is 0 Å². The molecule has 0 radical (unpaired) electrons. The molecular formula is C25H29N9O2. The van der Waals surface area contributed by atoms with E-state index in [1.54, 1.807) is 10.9 Å². The molecule has 0 bridgehead atoms. The fraction of sp³-hybridized carbons (Fsp3) is 0.400. The van der Waals surface area contributed by atoms with Crippen LogP contribution in [0.15, 0.2) is 41.4 Å². The number of amides is 1. The Hall–Kier alpha value is -4.15. The number of aryl methyl sites for hydroxylation is 2. The maximum atomic E-state index is 12.9. The van der Waals surface area contributed by atoms with E-state index in [1.165, 1.54) is 11.9 Å². The highest BCUT2D eigenvalue weighted by atomic mass is 16.5. The molecule has 4 aromatic rings. The number of benzene rings is 1. The second kappa shape index (κ2) is 9.48. The molecule has 186 valence electrons. The fourth-order valence-corrected chi connectivity index (χ4v) is 4.22. The molecule has 5 rings (SSSR count). The summed E-state index contributed by atoms with van der Waals surface area (Å²) in [5.74, 6) is 1.16. The van der Waals surface area contributed by atoms with Crippen molar-refractivity contribution in [3.05, 3.63) is 59.8 Å². The van der Waals surface area contributed by atoms with Crippen molar-refractivity contribution in [3.63, 3.8) is 0 Å². The van der Waals surface area contributed by atoms with Gasteiger partial charge in [0.1, 0.15) is 6.33 Å². The van der Waals surface area contributed by atoms with Crippen molar-refractivity contribution < 1.29 is 9.32 Å². The number of rotatable bonds is 5. The molecule has 2 N–H and O–H groups in total. The third-order valence-corrected chi connectivity index (χ3v) is 6.09. The zero-order chi connectivity index (χ0) is 25.3. The highest BCUT2D eigenvalue weighted by molar-refractivity contribution is 5.89. The van der Waals surface area contributed by atoms with Gasteiger partial charge < -0.3 is 15.2 Å². The van der Waals surface area contributed by atoms with E-state index in [1.807, 2.05) is 46.1 Å². The zero-order valence-corrected chi connectivity index (χ0v) is 20.8. The first-order valence-electron chi connectivity index (χ1n) is 12.0. The number of anilines is 2. The zero-order valence-electron chi connectivity index (χ0n) is 20.8. The third kappa shape index (κ3) is 5.09. The van der Waals surface area contributed by atoms with Crippen molar-refractivity contribution in [2.45, 2.75) is 57.9 Å². The summed E-state index contributed by atoms with van der Waals surface area (Å²) in [6, 6.07) is 5.99. The lowest BCUT2D eigenvalue weighted by molar-refractivity contribution is 0.0890. The number of carbonyl (C=O) groups is 1. The minimum absolute atomic E-state index is 0.0128. The number of carbonyl (C=O) groups excluding carboxylic acids is 1. The van der Waals surface area contributed by atoms with Crippen LogP contribution in [-0.4, -0.2) is 40.8 Å². The van der Waals surface area contributed by atoms with Gasteiger partial charge in [0.05, 0.1) is 17.9 Å². The number of hydrogen-bond donors (Lipinski definition) is 2. The first-order chi connectivity index (χ1) is 17.3. The summed E-state index contributed by atoms with van der Waals surface area (Å²) in [6.07, 6.45) is 8.82. The van der Waals surface area contributed by atoms with E-state index in [-0.39, 0.29) is 23.3 Å². The molecule has 1 aliphatic carbocycles. The number of nitrogens with zero attached hydrogens (tertiary/aromatic N) is 7. The smallest absolute Gasteiger partial charge is 0.315 e. The molecule has 36 heavy (non-hydrogen) atoms. The normalized spacial score (nSPS) is 15.7. The van der Waals surface area contributed by atoms with Crippen LogP contribution >= 0.6 is 0 Å². The summed E-state index contributed by atoms with van der Waals surface area (Å²) in [7, 11) is 1.85. The van der Waals surface area contributed by atoms with E-state index >= 15 is 0 Å². The number of hydrogen-bond acceptors (Lipinski definition) is 9. The first-order valence-corrected chi connectivity index (χ1v) is 12.0. The molecule has 1 atom stereocenters. The Morgan fingerprint density at radius 2 is 2.03 bits per heavy atom. The molecular weight excluding hydrogens is 458 g/mol. The fourth-order valence-electron chi connectivity index (χ4n) is 4.22. The molecule has 0 saturated heterocycles. The predicted molar refractivity (Wildman–Crippen MR) is 133 cm³/mol. The molecule has 3 aromatic heterocycles. The molecule has 1 aliphatic rings. The molecule has 0 unspecified atom stereocenters. The molecule has 0 aliphatic heterocycles. The topological polar surface area (TPSA) is 137 Å².